The van der Waals surface area contributed by atoms with Crippen LogP contribution in [0.5, 0.6) is 0 Å². The van der Waals surface area contributed by atoms with E-state index in [0.29, 0.717) is 19.4 Å². The van der Waals surface area contributed by atoms with Gasteiger partial charge in [0.25, 0.3) is 0 Å². The van der Waals surface area contributed by atoms with Crippen LogP contribution in [0.15, 0.2) is 28.9 Å². The first-order valence-corrected chi connectivity index (χ1v) is 8.05. The second kappa shape index (κ2) is 6.58. The van der Waals surface area contributed by atoms with Gasteiger partial charge in [-0.2, -0.15) is 0 Å². The SMILES string of the molecule is Cc1ccc(CCC(=O)N2CCN(C)C(c3nccn3C)C2)o1. The molecule has 3 heterocycles. The molecule has 0 bridgehead atoms. The van der Waals surface area contributed by atoms with Crippen molar-refractivity contribution < 1.29 is 9.21 Å². The molecule has 1 atom stereocenters. The Morgan fingerprint density at radius 3 is 2.83 bits per heavy atom. The molecular formula is C17H24N4O2. The molecule has 1 unspecified atom stereocenters. The Bertz CT molecular complexity index is 676. The van der Waals surface area contributed by atoms with E-state index in [4.69, 9.17) is 4.42 Å². The molecule has 0 saturated carbocycles. The van der Waals surface area contributed by atoms with E-state index < -0.39 is 0 Å². The number of nitrogens with zero attached hydrogens (tertiary/aromatic N) is 4. The van der Waals surface area contributed by atoms with Gasteiger partial charge in [-0.05, 0) is 26.1 Å². The van der Waals surface area contributed by atoms with Crippen molar-refractivity contribution in [3.63, 3.8) is 0 Å². The summed E-state index contributed by atoms with van der Waals surface area (Å²) in [6.45, 7) is 4.25. The third-order valence-electron chi connectivity index (χ3n) is 4.54. The Balaban J connectivity index is 1.61. The summed E-state index contributed by atoms with van der Waals surface area (Å²) in [5.41, 5.74) is 0. The summed E-state index contributed by atoms with van der Waals surface area (Å²) < 4.78 is 7.57. The van der Waals surface area contributed by atoms with Crippen LogP contribution in [-0.2, 0) is 18.3 Å². The fourth-order valence-electron chi connectivity index (χ4n) is 3.08. The second-order valence-corrected chi connectivity index (χ2v) is 6.24. The number of imidazole rings is 1. The number of piperazine rings is 1. The van der Waals surface area contributed by atoms with Crippen LogP contribution in [-0.4, -0.2) is 51.9 Å². The summed E-state index contributed by atoms with van der Waals surface area (Å²) in [4.78, 5) is 21.2. The molecule has 0 radical (unpaired) electrons. The van der Waals surface area contributed by atoms with Crippen LogP contribution in [0.3, 0.4) is 0 Å². The quantitative estimate of drug-likeness (QED) is 0.862. The predicted molar refractivity (Wildman–Crippen MR) is 86.9 cm³/mol. The highest BCUT2D eigenvalue weighted by molar-refractivity contribution is 5.76. The molecular weight excluding hydrogens is 292 g/mol. The number of aromatic nitrogens is 2. The van der Waals surface area contributed by atoms with Crippen LogP contribution in [0.25, 0.3) is 0 Å². The molecule has 0 spiro atoms. The van der Waals surface area contributed by atoms with Crippen LogP contribution in [0.1, 0.15) is 29.8 Å². The maximum atomic E-state index is 12.5. The number of rotatable bonds is 4. The van der Waals surface area contributed by atoms with E-state index in [-0.39, 0.29) is 11.9 Å². The lowest BCUT2D eigenvalue weighted by atomic mass is 10.1. The maximum Gasteiger partial charge on any atom is 0.223 e. The summed E-state index contributed by atoms with van der Waals surface area (Å²) in [6.07, 6.45) is 4.91. The second-order valence-electron chi connectivity index (χ2n) is 6.24. The lowest BCUT2D eigenvalue weighted by Crippen LogP contribution is -2.49. The molecule has 0 aromatic carbocycles. The van der Waals surface area contributed by atoms with E-state index in [1.54, 1.807) is 0 Å². The van der Waals surface area contributed by atoms with Gasteiger partial charge in [0.1, 0.15) is 17.3 Å². The minimum atomic E-state index is 0.151. The Labute approximate surface area is 136 Å². The molecule has 1 fully saturated rings. The average Bonchev–Trinajstić information content (AvgIpc) is 3.14. The normalized spacial score (nSPS) is 19.3. The van der Waals surface area contributed by atoms with Gasteiger partial charge in [0.05, 0.1) is 6.04 Å². The smallest absolute Gasteiger partial charge is 0.223 e. The molecule has 1 amide bonds. The number of hydrogen-bond donors (Lipinski definition) is 0. The molecule has 1 saturated heterocycles. The van der Waals surface area contributed by atoms with Crippen molar-refractivity contribution in [2.75, 3.05) is 26.7 Å². The van der Waals surface area contributed by atoms with Gasteiger partial charge in [-0.3, -0.25) is 9.69 Å². The third-order valence-corrected chi connectivity index (χ3v) is 4.54. The highest BCUT2D eigenvalue weighted by atomic mass is 16.3. The van der Waals surface area contributed by atoms with E-state index in [2.05, 4.69) is 16.9 Å². The van der Waals surface area contributed by atoms with Gasteiger partial charge in [0.15, 0.2) is 0 Å². The van der Waals surface area contributed by atoms with E-state index in [1.165, 1.54) is 0 Å². The van der Waals surface area contributed by atoms with Crippen molar-refractivity contribution in [3.05, 3.63) is 41.9 Å². The monoisotopic (exact) mass is 316 g/mol. The first-order valence-electron chi connectivity index (χ1n) is 8.05. The van der Waals surface area contributed by atoms with Gasteiger partial charge in [0, 0.05) is 51.9 Å². The van der Waals surface area contributed by atoms with Crippen molar-refractivity contribution >= 4 is 5.91 Å². The van der Waals surface area contributed by atoms with Crippen molar-refractivity contribution in [1.82, 2.24) is 19.4 Å². The number of carbonyl (C=O) groups is 1. The maximum absolute atomic E-state index is 12.5. The van der Waals surface area contributed by atoms with Crippen molar-refractivity contribution in [2.24, 2.45) is 7.05 Å². The number of amides is 1. The summed E-state index contributed by atoms with van der Waals surface area (Å²) in [7, 11) is 4.09. The van der Waals surface area contributed by atoms with Gasteiger partial charge in [0.2, 0.25) is 5.91 Å². The Morgan fingerprint density at radius 2 is 2.17 bits per heavy atom. The van der Waals surface area contributed by atoms with Gasteiger partial charge in [-0.25, -0.2) is 4.98 Å². The molecule has 1 aliphatic heterocycles. The summed E-state index contributed by atoms with van der Waals surface area (Å²) in [6, 6.07) is 4.04. The molecule has 0 aliphatic carbocycles. The van der Waals surface area contributed by atoms with Gasteiger partial charge >= 0.3 is 0 Å². The van der Waals surface area contributed by atoms with Gasteiger partial charge in [-0.15, -0.1) is 0 Å². The average molecular weight is 316 g/mol. The van der Waals surface area contributed by atoms with Crippen LogP contribution < -0.4 is 0 Å². The van der Waals surface area contributed by atoms with Crippen LogP contribution >= 0.6 is 0 Å². The van der Waals surface area contributed by atoms with E-state index in [0.717, 1.165) is 30.4 Å². The van der Waals surface area contributed by atoms with E-state index in [9.17, 15) is 4.79 Å². The van der Waals surface area contributed by atoms with Crippen molar-refractivity contribution in [3.8, 4) is 0 Å². The Hall–Kier alpha value is -2.08. The summed E-state index contributed by atoms with van der Waals surface area (Å²) in [5.74, 6) is 2.96. The summed E-state index contributed by atoms with van der Waals surface area (Å²) >= 11 is 0. The first-order chi connectivity index (χ1) is 11.0. The van der Waals surface area contributed by atoms with Crippen LogP contribution in [0.4, 0.5) is 0 Å². The summed E-state index contributed by atoms with van der Waals surface area (Å²) in [5, 5.41) is 0. The standard InChI is InChI=1S/C17H24N4O2/c1-13-4-5-14(23-13)6-7-16(22)21-11-10-19(2)15(12-21)17-18-8-9-20(17)3/h4-5,8-9,15H,6-7,10-12H2,1-3H3. The number of carbonyl (C=O) groups excluding carboxylic acids is 1. The molecule has 6 heteroatoms. The molecule has 2 aromatic rings. The van der Waals surface area contributed by atoms with E-state index >= 15 is 0 Å². The van der Waals surface area contributed by atoms with E-state index in [1.807, 2.05) is 48.0 Å². The molecule has 23 heavy (non-hydrogen) atoms. The topological polar surface area (TPSA) is 54.5 Å². The molecule has 0 N–H and O–H groups in total. The first kappa shape index (κ1) is 15.8. The highest BCUT2D eigenvalue weighted by Gasteiger charge is 2.30. The third kappa shape index (κ3) is 3.47. The Kier molecular flexibility index (Phi) is 4.52. The van der Waals surface area contributed by atoms with Crippen LogP contribution in [0.2, 0.25) is 0 Å². The minimum absolute atomic E-state index is 0.151. The van der Waals surface area contributed by atoms with Crippen molar-refractivity contribution in [1.29, 1.82) is 0 Å². The molecule has 1 aliphatic rings. The highest BCUT2D eigenvalue weighted by Crippen LogP contribution is 2.23. The zero-order valence-electron chi connectivity index (χ0n) is 14.0. The number of hydrogen-bond acceptors (Lipinski definition) is 4. The fraction of sp³-hybridized carbons (Fsp3) is 0.529. The van der Waals surface area contributed by atoms with Gasteiger partial charge < -0.3 is 13.9 Å². The Morgan fingerprint density at radius 1 is 1.35 bits per heavy atom. The molecule has 124 valence electrons. The molecule has 3 rings (SSSR count). The largest absolute Gasteiger partial charge is 0.466 e. The number of likely N-dealkylation sites (N-methyl/N-ethyl adjacent to an activating group) is 1. The lowest BCUT2D eigenvalue weighted by Gasteiger charge is -2.39. The predicted octanol–water partition coefficient (Wildman–Crippen LogP) is 1.77. The zero-order valence-corrected chi connectivity index (χ0v) is 14.0. The number of aryl methyl sites for hydroxylation is 3. The zero-order chi connectivity index (χ0) is 16.4. The fourth-order valence-corrected chi connectivity index (χ4v) is 3.08. The number of furan rings is 1. The minimum Gasteiger partial charge on any atom is -0.466 e. The molecule has 2 aromatic heterocycles. The van der Waals surface area contributed by atoms with Crippen LogP contribution in [0, 0.1) is 6.92 Å². The molecule has 6 nitrogen and oxygen atoms in total. The lowest BCUT2D eigenvalue weighted by molar-refractivity contribution is -0.134. The van der Waals surface area contributed by atoms with Crippen molar-refractivity contribution in [2.45, 2.75) is 25.8 Å². The van der Waals surface area contributed by atoms with Gasteiger partial charge in [-0.1, -0.05) is 0 Å².